The molecule has 6 nitrogen and oxygen atoms in total. The van der Waals surface area contributed by atoms with Gasteiger partial charge in [0.2, 0.25) is 0 Å². The van der Waals surface area contributed by atoms with Crippen LogP contribution in [0.25, 0.3) is 0 Å². The van der Waals surface area contributed by atoms with Crippen LogP contribution < -0.4 is 0 Å². The Kier molecular flexibility index (Phi) is 10.4. The van der Waals surface area contributed by atoms with Crippen LogP contribution in [0, 0.1) is 5.82 Å². The highest BCUT2D eigenvalue weighted by Gasteiger charge is 2.59. The molecule has 0 bridgehead atoms. The summed E-state index contributed by atoms with van der Waals surface area (Å²) < 4.78 is 66.2. The van der Waals surface area contributed by atoms with Gasteiger partial charge in [0.05, 0.1) is 23.3 Å². The molecule has 0 aliphatic carbocycles. The molecule has 224 valence electrons. The number of fused-ring (bicyclic) bond motifs is 1. The smallest absolute Gasteiger partial charge is 0.410 e. The lowest BCUT2D eigenvalue weighted by Gasteiger charge is -2.34. The zero-order chi connectivity index (χ0) is 30.8. The van der Waals surface area contributed by atoms with Crippen LogP contribution in [0.1, 0.15) is 61.2 Å². The molecule has 1 unspecified atom stereocenters. The molecule has 1 amide bonds. The van der Waals surface area contributed by atoms with Crippen LogP contribution in [0.15, 0.2) is 30.3 Å². The van der Waals surface area contributed by atoms with Crippen molar-refractivity contribution >= 4 is 52.0 Å². The molecular formula is C28H29Cl2F4NO5S. The summed E-state index contributed by atoms with van der Waals surface area (Å²) in [6, 6.07) is 5.90. The Morgan fingerprint density at radius 3 is 2.22 bits per heavy atom. The third-order valence-electron chi connectivity index (χ3n) is 6.23. The Bertz CT molecular complexity index is 1310. The van der Waals surface area contributed by atoms with Gasteiger partial charge in [0.25, 0.3) is 0 Å². The van der Waals surface area contributed by atoms with E-state index in [1.807, 2.05) is 0 Å². The summed E-state index contributed by atoms with van der Waals surface area (Å²) in [7, 11) is 0. The monoisotopic (exact) mass is 637 g/mol. The highest BCUT2D eigenvalue weighted by atomic mass is 35.5. The number of carbonyl (C=O) groups excluding carboxylic acids is 3. The number of thioether (sulfide) groups is 1. The summed E-state index contributed by atoms with van der Waals surface area (Å²) in [6.45, 7) is 7.02. The van der Waals surface area contributed by atoms with Gasteiger partial charge < -0.3 is 14.4 Å². The lowest BCUT2D eigenvalue weighted by atomic mass is 9.88. The first kappa shape index (κ1) is 33.2. The molecule has 0 saturated carbocycles. The second-order valence-corrected chi connectivity index (χ2v) is 12.8. The number of rotatable bonds is 5. The molecule has 1 heterocycles. The topological polar surface area (TPSA) is 72.9 Å². The van der Waals surface area contributed by atoms with E-state index in [4.69, 9.17) is 32.7 Å². The number of carbonyl (C=O) groups is 3. The minimum absolute atomic E-state index is 0.0346. The predicted octanol–water partition coefficient (Wildman–Crippen LogP) is 7.75. The molecule has 0 aromatic heterocycles. The first-order valence-electron chi connectivity index (χ1n) is 12.6. The highest BCUT2D eigenvalue weighted by Crippen LogP contribution is 2.54. The van der Waals surface area contributed by atoms with Gasteiger partial charge >= 0.3 is 12.3 Å². The minimum atomic E-state index is -5.13. The molecule has 0 saturated heterocycles. The van der Waals surface area contributed by atoms with Gasteiger partial charge in [0.15, 0.2) is 21.5 Å². The Labute approximate surface area is 249 Å². The predicted molar refractivity (Wildman–Crippen MR) is 149 cm³/mol. The van der Waals surface area contributed by atoms with Crippen molar-refractivity contribution in [2.45, 2.75) is 63.7 Å². The maximum atomic E-state index is 14.7. The van der Waals surface area contributed by atoms with E-state index in [2.05, 4.69) is 0 Å². The summed E-state index contributed by atoms with van der Waals surface area (Å²) in [4.78, 5) is 39.5. The maximum Gasteiger partial charge on any atom is 0.410 e. The standard InChI is InChI=1S/C28H29Cl2F4NO5S/c1-16(36)41-27(28(32,33)34,20-12-21(29)24(31)22(30)13-20)14-23(37)18-6-5-17-7-8-35(25(38)40-26(2,3)4)9-10-39-15-19(17)11-18/h5-6,11-13H,7-10,14-15H2,1-4H3. The number of hydrogen-bond donors (Lipinski definition) is 0. The number of ether oxygens (including phenoxy) is 2. The quantitative estimate of drug-likeness (QED) is 0.190. The Balaban J connectivity index is 1.95. The summed E-state index contributed by atoms with van der Waals surface area (Å²) in [5.41, 5.74) is -0.0164. The summed E-state index contributed by atoms with van der Waals surface area (Å²) in [6.07, 6.45) is -6.40. The van der Waals surface area contributed by atoms with Crippen LogP contribution in [0.4, 0.5) is 22.4 Å². The number of hydrogen-bond acceptors (Lipinski definition) is 6. The van der Waals surface area contributed by atoms with Gasteiger partial charge in [0, 0.05) is 32.0 Å². The zero-order valence-electron chi connectivity index (χ0n) is 22.8. The molecule has 0 radical (unpaired) electrons. The number of amides is 1. The second kappa shape index (κ2) is 12.9. The SMILES string of the molecule is CC(=O)SC(CC(=O)c1ccc2c(c1)COCCN(C(=O)OC(C)(C)C)CC2)(c1cc(Cl)c(F)c(Cl)c1)C(F)(F)F. The molecular weight excluding hydrogens is 609 g/mol. The van der Waals surface area contributed by atoms with Gasteiger partial charge in [0.1, 0.15) is 5.60 Å². The van der Waals surface area contributed by atoms with E-state index in [0.29, 0.717) is 18.5 Å². The van der Waals surface area contributed by atoms with E-state index in [9.17, 15) is 31.9 Å². The van der Waals surface area contributed by atoms with Gasteiger partial charge in [-0.25, -0.2) is 9.18 Å². The first-order chi connectivity index (χ1) is 18.9. The van der Waals surface area contributed by atoms with Gasteiger partial charge in [-0.3, -0.25) is 9.59 Å². The Hall–Kier alpha value is -2.34. The van der Waals surface area contributed by atoms with Gasteiger partial charge in [-0.2, -0.15) is 13.2 Å². The van der Waals surface area contributed by atoms with Crippen molar-refractivity contribution in [3.05, 3.63) is 68.4 Å². The summed E-state index contributed by atoms with van der Waals surface area (Å²) in [5.74, 6) is -2.03. The minimum Gasteiger partial charge on any atom is -0.444 e. The number of Topliss-reactive ketones (excluding diaryl/α,β-unsaturated/α-hetero) is 1. The fourth-order valence-electron chi connectivity index (χ4n) is 4.29. The van der Waals surface area contributed by atoms with E-state index >= 15 is 0 Å². The fourth-order valence-corrected chi connectivity index (χ4v) is 5.82. The Morgan fingerprint density at radius 2 is 1.66 bits per heavy atom. The van der Waals surface area contributed by atoms with E-state index in [1.54, 1.807) is 26.8 Å². The lowest BCUT2D eigenvalue weighted by molar-refractivity contribution is -0.162. The van der Waals surface area contributed by atoms with Gasteiger partial charge in [-0.05, 0) is 62.1 Å². The number of benzene rings is 2. The van der Waals surface area contributed by atoms with Gasteiger partial charge in [-0.1, -0.05) is 47.1 Å². The van der Waals surface area contributed by atoms with Gasteiger partial charge in [-0.15, -0.1) is 0 Å². The Morgan fingerprint density at radius 1 is 1.02 bits per heavy atom. The van der Waals surface area contributed by atoms with Crippen molar-refractivity contribution in [1.29, 1.82) is 0 Å². The van der Waals surface area contributed by atoms with Crippen LogP contribution in [0.5, 0.6) is 0 Å². The lowest BCUT2D eigenvalue weighted by Crippen LogP contribution is -2.42. The largest absolute Gasteiger partial charge is 0.444 e. The second-order valence-electron chi connectivity index (χ2n) is 10.5. The van der Waals surface area contributed by atoms with E-state index in [0.717, 1.165) is 24.6 Å². The molecule has 1 aliphatic heterocycles. The van der Waals surface area contributed by atoms with Crippen LogP contribution in [-0.2, 0) is 32.0 Å². The van der Waals surface area contributed by atoms with Crippen molar-refractivity contribution in [1.82, 2.24) is 4.90 Å². The maximum absolute atomic E-state index is 14.7. The van der Waals surface area contributed by atoms with Crippen LogP contribution in [-0.4, -0.2) is 53.4 Å². The molecule has 3 rings (SSSR count). The van der Waals surface area contributed by atoms with Crippen molar-refractivity contribution in [2.24, 2.45) is 0 Å². The average molecular weight is 639 g/mol. The summed E-state index contributed by atoms with van der Waals surface area (Å²) in [5, 5.41) is -2.26. The third kappa shape index (κ3) is 8.15. The van der Waals surface area contributed by atoms with E-state index in [-0.39, 0.29) is 37.1 Å². The molecule has 1 aliphatic rings. The molecule has 41 heavy (non-hydrogen) atoms. The normalized spacial score (nSPS) is 16.1. The van der Waals surface area contributed by atoms with Crippen molar-refractivity contribution < 1.29 is 41.4 Å². The molecule has 13 heteroatoms. The first-order valence-corrected chi connectivity index (χ1v) is 14.1. The number of ketones is 1. The third-order valence-corrected chi connectivity index (χ3v) is 8.03. The molecule has 2 aromatic carbocycles. The molecule has 2 aromatic rings. The molecule has 1 atom stereocenters. The fraction of sp³-hybridized carbons (Fsp3) is 0.464. The number of nitrogens with zero attached hydrogens (tertiary/aromatic N) is 1. The van der Waals surface area contributed by atoms with Crippen LogP contribution >= 0.6 is 35.0 Å². The highest BCUT2D eigenvalue weighted by molar-refractivity contribution is 8.14. The molecule has 0 fully saturated rings. The number of alkyl halides is 3. The molecule has 0 N–H and O–H groups in total. The van der Waals surface area contributed by atoms with E-state index in [1.165, 1.54) is 17.0 Å². The van der Waals surface area contributed by atoms with Crippen LogP contribution in [0.2, 0.25) is 10.0 Å². The average Bonchev–Trinajstić information content (AvgIpc) is 2.94. The van der Waals surface area contributed by atoms with Crippen molar-refractivity contribution in [3.8, 4) is 0 Å². The zero-order valence-corrected chi connectivity index (χ0v) is 25.1. The summed E-state index contributed by atoms with van der Waals surface area (Å²) >= 11 is 11.5. The number of halogens is 6. The van der Waals surface area contributed by atoms with Crippen LogP contribution in [0.3, 0.4) is 0 Å². The molecule has 0 spiro atoms. The van der Waals surface area contributed by atoms with Crippen molar-refractivity contribution in [3.63, 3.8) is 0 Å². The van der Waals surface area contributed by atoms with E-state index < -0.39 is 61.4 Å². The van der Waals surface area contributed by atoms with Crippen molar-refractivity contribution in [2.75, 3.05) is 19.7 Å².